The number of rotatable bonds is 11. The second-order valence-corrected chi connectivity index (χ2v) is 14.6. The largest absolute Gasteiger partial charge is 0.383 e. The highest BCUT2D eigenvalue weighted by molar-refractivity contribution is 5.86. The van der Waals surface area contributed by atoms with Gasteiger partial charge >= 0.3 is 0 Å². The van der Waals surface area contributed by atoms with Gasteiger partial charge in [0, 0.05) is 68.0 Å². The Morgan fingerprint density at radius 3 is 2.11 bits per heavy atom. The molecule has 12 nitrogen and oxygen atoms in total. The van der Waals surface area contributed by atoms with Gasteiger partial charge in [-0.3, -0.25) is 9.13 Å². The molecule has 56 heavy (non-hydrogen) atoms. The first-order valence-electron chi connectivity index (χ1n) is 19.7. The van der Waals surface area contributed by atoms with Crippen molar-refractivity contribution >= 4 is 45.3 Å². The number of hydrogen-bond acceptors (Lipinski definition) is 10. The van der Waals surface area contributed by atoms with Crippen molar-refractivity contribution < 1.29 is 0 Å². The average Bonchev–Trinajstić information content (AvgIpc) is 3.83. The summed E-state index contributed by atoms with van der Waals surface area (Å²) in [5.41, 5.74) is 18.0. The van der Waals surface area contributed by atoms with Gasteiger partial charge in [-0.2, -0.15) is 0 Å². The van der Waals surface area contributed by atoms with E-state index >= 15 is 0 Å². The highest BCUT2D eigenvalue weighted by atomic mass is 15.5. The maximum Gasteiger partial charge on any atom is 0.164 e. The molecule has 7 aromatic rings. The molecule has 7 heterocycles. The van der Waals surface area contributed by atoms with Crippen molar-refractivity contribution in [2.75, 3.05) is 42.2 Å². The standard InChI is InChI=1S/C44H46N12/c1-2-32(14-6-13-31-11-4-3-5-12-31)55-42(51-37-17-9-25-48-43(37)55)36-16-8-24-47-40(36)52-54-29-27-53(28-30-54)33-19-21-34(22-20-33)56-41(35-15-7-23-46-39(35)45)50-38-18-10-26-49-44(38)56/h2,7-10,14-26,31H,1,3-6,11-13,27-30H2,(H2,45,46)(H,47,52)/b32-14+. The zero-order valence-corrected chi connectivity index (χ0v) is 31.5. The van der Waals surface area contributed by atoms with Crippen molar-refractivity contribution in [3.63, 3.8) is 0 Å². The van der Waals surface area contributed by atoms with Crippen LogP contribution in [-0.4, -0.2) is 70.2 Å². The smallest absolute Gasteiger partial charge is 0.164 e. The molecule has 0 amide bonds. The van der Waals surface area contributed by atoms with Gasteiger partial charge in [-0.25, -0.2) is 34.9 Å². The normalized spacial score (nSPS) is 15.8. The number of nitrogens with two attached hydrogens (primary N) is 1. The zero-order chi connectivity index (χ0) is 37.8. The summed E-state index contributed by atoms with van der Waals surface area (Å²) in [7, 11) is 0. The Morgan fingerprint density at radius 2 is 1.36 bits per heavy atom. The Labute approximate surface area is 326 Å². The number of imidazole rings is 2. The van der Waals surface area contributed by atoms with Crippen LogP contribution < -0.4 is 16.1 Å². The molecule has 0 bridgehead atoms. The van der Waals surface area contributed by atoms with Crippen LogP contribution >= 0.6 is 0 Å². The van der Waals surface area contributed by atoms with Gasteiger partial charge in [0.05, 0.1) is 11.1 Å². The number of nitrogen functional groups attached to an aromatic ring is 1. The van der Waals surface area contributed by atoms with Crippen molar-refractivity contribution in [3.05, 3.63) is 116 Å². The maximum atomic E-state index is 6.30. The van der Waals surface area contributed by atoms with Crippen molar-refractivity contribution in [3.8, 4) is 28.5 Å². The molecule has 2 aliphatic rings. The van der Waals surface area contributed by atoms with Crippen molar-refractivity contribution in [2.45, 2.75) is 44.9 Å². The number of nitrogens with one attached hydrogen (secondary N) is 1. The van der Waals surface area contributed by atoms with Crippen molar-refractivity contribution in [1.82, 2.24) is 44.0 Å². The molecule has 1 saturated carbocycles. The molecule has 0 unspecified atom stereocenters. The van der Waals surface area contributed by atoms with Crippen LogP contribution in [0.5, 0.6) is 0 Å². The van der Waals surface area contributed by atoms with Gasteiger partial charge in [-0.15, -0.1) is 0 Å². The van der Waals surface area contributed by atoms with E-state index in [1.165, 1.54) is 38.5 Å². The second-order valence-electron chi connectivity index (χ2n) is 14.6. The summed E-state index contributed by atoms with van der Waals surface area (Å²) in [6.07, 6.45) is 20.3. The lowest BCUT2D eigenvalue weighted by atomic mass is 9.86. The van der Waals surface area contributed by atoms with Crippen LogP contribution in [0.1, 0.15) is 44.9 Å². The lowest BCUT2D eigenvalue weighted by Crippen LogP contribution is -2.48. The Kier molecular flexibility index (Phi) is 9.93. The quantitative estimate of drug-likeness (QED) is 0.125. The molecular weight excluding hydrogens is 697 g/mol. The van der Waals surface area contributed by atoms with Gasteiger partial charge in [0.2, 0.25) is 0 Å². The number of anilines is 3. The first-order valence-corrected chi connectivity index (χ1v) is 19.7. The fourth-order valence-electron chi connectivity index (χ4n) is 8.20. The van der Waals surface area contributed by atoms with Gasteiger partial charge in [0.15, 0.2) is 28.8 Å². The average molecular weight is 743 g/mol. The zero-order valence-electron chi connectivity index (χ0n) is 31.5. The summed E-state index contributed by atoms with van der Waals surface area (Å²) in [6.45, 7) is 7.50. The summed E-state index contributed by atoms with van der Waals surface area (Å²) >= 11 is 0. The van der Waals surface area contributed by atoms with Crippen LogP contribution in [0.4, 0.5) is 17.3 Å². The SMILES string of the molecule is C=C/C(=C\CCC1CCCCC1)n1c(-c2cccnc2NN2CCN(c3ccc(-n4c(-c5cccnc5N)nc5cccnc54)cc3)CC2)nc2cccnc21. The van der Waals surface area contributed by atoms with Crippen LogP contribution in [0, 0.1) is 5.92 Å². The van der Waals surface area contributed by atoms with E-state index in [1.807, 2.05) is 60.9 Å². The summed E-state index contributed by atoms with van der Waals surface area (Å²) in [5, 5.41) is 2.24. The number of allylic oxidation sites excluding steroid dienone is 3. The third kappa shape index (κ3) is 6.99. The maximum absolute atomic E-state index is 6.30. The van der Waals surface area contributed by atoms with E-state index in [2.05, 4.69) is 77.4 Å². The molecule has 0 atom stereocenters. The van der Waals surface area contributed by atoms with Gasteiger partial charge < -0.3 is 16.1 Å². The van der Waals surface area contributed by atoms with Gasteiger partial charge in [0.1, 0.15) is 16.9 Å². The third-order valence-corrected chi connectivity index (χ3v) is 11.1. The lowest BCUT2D eigenvalue weighted by molar-refractivity contribution is 0.307. The molecule has 12 heteroatoms. The predicted octanol–water partition coefficient (Wildman–Crippen LogP) is 8.41. The van der Waals surface area contributed by atoms with E-state index in [4.69, 9.17) is 25.7 Å². The molecule has 9 rings (SSSR count). The Balaban J connectivity index is 0.924. The lowest BCUT2D eigenvalue weighted by Gasteiger charge is -2.36. The van der Waals surface area contributed by atoms with Gasteiger partial charge in [0.25, 0.3) is 0 Å². The van der Waals surface area contributed by atoms with Crippen LogP contribution in [0.25, 0.3) is 56.5 Å². The molecule has 0 radical (unpaired) electrons. The molecular formula is C44H46N12. The van der Waals surface area contributed by atoms with Gasteiger partial charge in [-0.1, -0.05) is 44.8 Å². The van der Waals surface area contributed by atoms with E-state index in [0.717, 1.165) is 101 Å². The van der Waals surface area contributed by atoms with E-state index in [1.54, 1.807) is 12.4 Å². The molecule has 1 aliphatic carbocycles. The predicted molar refractivity (Wildman–Crippen MR) is 225 cm³/mol. The molecule has 1 aromatic carbocycles. The van der Waals surface area contributed by atoms with E-state index < -0.39 is 0 Å². The van der Waals surface area contributed by atoms with Crippen LogP contribution in [0.15, 0.2) is 116 Å². The number of hydrogen-bond donors (Lipinski definition) is 2. The Hall–Kier alpha value is -6.40. The molecule has 1 saturated heterocycles. The summed E-state index contributed by atoms with van der Waals surface area (Å²) in [5.74, 6) is 3.51. The number of pyridine rings is 4. The highest BCUT2D eigenvalue weighted by Gasteiger charge is 2.23. The van der Waals surface area contributed by atoms with Crippen LogP contribution in [-0.2, 0) is 0 Å². The second kappa shape index (κ2) is 15.8. The minimum Gasteiger partial charge on any atom is -0.383 e. The highest BCUT2D eigenvalue weighted by Crippen LogP contribution is 2.34. The molecule has 0 spiro atoms. The van der Waals surface area contributed by atoms with Crippen LogP contribution in [0.3, 0.4) is 0 Å². The fourth-order valence-corrected chi connectivity index (χ4v) is 8.20. The summed E-state index contributed by atoms with van der Waals surface area (Å²) in [4.78, 5) is 31.0. The Morgan fingerprint density at radius 1 is 0.714 bits per heavy atom. The number of benzene rings is 1. The molecule has 3 N–H and O–H groups in total. The molecule has 1 aliphatic heterocycles. The molecule has 2 fully saturated rings. The van der Waals surface area contributed by atoms with Crippen molar-refractivity contribution in [1.29, 1.82) is 0 Å². The third-order valence-electron chi connectivity index (χ3n) is 11.1. The monoisotopic (exact) mass is 742 g/mol. The first kappa shape index (κ1) is 35.3. The van der Waals surface area contributed by atoms with Crippen LogP contribution in [0.2, 0.25) is 0 Å². The number of hydrazine groups is 1. The van der Waals surface area contributed by atoms with E-state index in [0.29, 0.717) is 11.6 Å². The fraction of sp³-hybridized carbons (Fsp3) is 0.273. The first-order chi connectivity index (χ1) is 27.6. The summed E-state index contributed by atoms with van der Waals surface area (Å²) in [6, 6.07) is 24.3. The van der Waals surface area contributed by atoms with Gasteiger partial charge in [-0.05, 0) is 97.6 Å². The number of piperazine rings is 1. The number of fused-ring (bicyclic) bond motifs is 2. The minimum absolute atomic E-state index is 0.430. The number of aromatic nitrogens is 8. The Bertz CT molecular complexity index is 2500. The summed E-state index contributed by atoms with van der Waals surface area (Å²) < 4.78 is 4.19. The van der Waals surface area contributed by atoms with E-state index in [-0.39, 0.29) is 0 Å². The number of nitrogens with zero attached hydrogens (tertiary/aromatic N) is 10. The van der Waals surface area contributed by atoms with E-state index in [9.17, 15) is 0 Å². The molecule has 282 valence electrons. The van der Waals surface area contributed by atoms with Crippen molar-refractivity contribution in [2.24, 2.45) is 5.92 Å². The minimum atomic E-state index is 0.430. The topological polar surface area (TPSA) is 132 Å². The molecule has 6 aromatic heterocycles.